The largest absolute Gasteiger partial charge is 0.376 e. The molecule has 0 saturated carbocycles. The molecule has 0 bridgehead atoms. The van der Waals surface area contributed by atoms with Crippen molar-refractivity contribution >= 4 is 42.6 Å². The topological polar surface area (TPSA) is 79.8 Å². The number of sulfonamides is 1. The van der Waals surface area contributed by atoms with Gasteiger partial charge in [0.15, 0.2) is 5.13 Å². The number of para-hydroxylation sites is 1. The molecule has 0 aliphatic carbocycles. The smallest absolute Gasteiger partial charge is 0.247 e. The molecule has 1 saturated heterocycles. The molecule has 5 rings (SSSR count). The van der Waals surface area contributed by atoms with E-state index in [1.807, 2.05) is 48.5 Å². The van der Waals surface area contributed by atoms with E-state index >= 15 is 0 Å². The van der Waals surface area contributed by atoms with Crippen molar-refractivity contribution in [3.05, 3.63) is 59.7 Å². The summed E-state index contributed by atoms with van der Waals surface area (Å²) in [4.78, 5) is 20.3. The molecule has 2 aliphatic heterocycles. The Bertz CT molecular complexity index is 1220. The molecule has 32 heavy (non-hydrogen) atoms. The number of thiazole rings is 1. The molecule has 0 spiro atoms. The van der Waals surface area contributed by atoms with E-state index in [0.717, 1.165) is 34.2 Å². The average molecular weight is 472 g/mol. The van der Waals surface area contributed by atoms with Crippen molar-refractivity contribution in [3.63, 3.8) is 0 Å². The van der Waals surface area contributed by atoms with Crippen LogP contribution in [0, 0.1) is 0 Å². The molecule has 3 heterocycles. The maximum absolute atomic E-state index is 14.0. The highest BCUT2D eigenvalue weighted by Gasteiger charge is 2.40. The number of carbonyl (C=O) groups is 1. The van der Waals surface area contributed by atoms with Crippen molar-refractivity contribution in [2.45, 2.75) is 38.0 Å². The normalized spacial score (nSPS) is 21.5. The van der Waals surface area contributed by atoms with Gasteiger partial charge in [0.05, 0.1) is 29.1 Å². The van der Waals surface area contributed by atoms with E-state index in [-0.39, 0.29) is 18.6 Å². The van der Waals surface area contributed by atoms with Gasteiger partial charge in [-0.2, -0.15) is 4.31 Å². The van der Waals surface area contributed by atoms with Crippen molar-refractivity contribution < 1.29 is 17.9 Å². The van der Waals surface area contributed by atoms with Gasteiger partial charge in [-0.25, -0.2) is 13.4 Å². The Kier molecular flexibility index (Phi) is 5.75. The van der Waals surface area contributed by atoms with Gasteiger partial charge < -0.3 is 4.74 Å². The molecule has 9 heteroatoms. The Morgan fingerprint density at radius 3 is 2.66 bits per heavy atom. The monoisotopic (exact) mass is 471 g/mol. The summed E-state index contributed by atoms with van der Waals surface area (Å²) in [6, 6.07) is 14.7. The third kappa shape index (κ3) is 4.17. The summed E-state index contributed by atoms with van der Waals surface area (Å²) in [5.74, 6) is -0.250. The zero-order chi connectivity index (χ0) is 22.3. The van der Waals surface area contributed by atoms with Crippen LogP contribution in [0.3, 0.4) is 0 Å². The highest BCUT2D eigenvalue weighted by molar-refractivity contribution is 7.88. The van der Waals surface area contributed by atoms with E-state index in [0.29, 0.717) is 24.7 Å². The van der Waals surface area contributed by atoms with Gasteiger partial charge in [-0.3, -0.25) is 9.69 Å². The molecular weight excluding hydrogens is 446 g/mol. The van der Waals surface area contributed by atoms with Gasteiger partial charge in [-0.1, -0.05) is 47.7 Å². The molecule has 3 aromatic rings. The van der Waals surface area contributed by atoms with Gasteiger partial charge in [-0.15, -0.1) is 0 Å². The van der Waals surface area contributed by atoms with E-state index in [2.05, 4.69) is 0 Å². The van der Waals surface area contributed by atoms with Crippen molar-refractivity contribution in [1.82, 2.24) is 9.29 Å². The van der Waals surface area contributed by atoms with E-state index in [9.17, 15) is 13.2 Å². The third-order valence-corrected chi connectivity index (χ3v) is 8.40. The maximum atomic E-state index is 14.0. The van der Waals surface area contributed by atoms with Crippen LogP contribution in [0.5, 0.6) is 0 Å². The van der Waals surface area contributed by atoms with Crippen LogP contribution in [-0.4, -0.2) is 55.2 Å². The fraction of sp³-hybridized carbons (Fsp3) is 0.391. The van der Waals surface area contributed by atoms with E-state index in [1.165, 1.54) is 21.9 Å². The quantitative estimate of drug-likeness (QED) is 0.571. The molecule has 0 radical (unpaired) electrons. The van der Waals surface area contributed by atoms with Gasteiger partial charge in [0, 0.05) is 13.2 Å². The lowest BCUT2D eigenvalue weighted by molar-refractivity contribution is -0.123. The molecule has 1 aromatic heterocycles. The van der Waals surface area contributed by atoms with Gasteiger partial charge >= 0.3 is 0 Å². The molecule has 7 nitrogen and oxygen atoms in total. The average Bonchev–Trinajstić information content (AvgIpc) is 3.45. The fourth-order valence-corrected chi connectivity index (χ4v) is 6.45. The summed E-state index contributed by atoms with van der Waals surface area (Å²) in [5.41, 5.74) is 2.77. The minimum Gasteiger partial charge on any atom is -0.376 e. The van der Waals surface area contributed by atoms with Gasteiger partial charge in [0.2, 0.25) is 15.9 Å². The Morgan fingerprint density at radius 1 is 1.19 bits per heavy atom. The zero-order valence-electron chi connectivity index (χ0n) is 17.8. The lowest BCUT2D eigenvalue weighted by Gasteiger charge is -2.37. The molecule has 2 aliphatic rings. The standard InChI is InChI=1S/C23H25N3O4S2/c1-32(28,29)26-14-17-8-3-2-7-16(17)13-20(26)22(27)25(15-18-9-6-12-30-18)23-24-19-10-4-5-11-21(19)31-23/h2-5,7-8,10-11,18,20H,6,9,12-15H2,1H3/t18-,20+/m0/s1. The zero-order valence-corrected chi connectivity index (χ0v) is 19.4. The minimum absolute atomic E-state index is 0.0754. The highest BCUT2D eigenvalue weighted by Crippen LogP contribution is 2.33. The minimum atomic E-state index is -3.59. The second-order valence-corrected chi connectivity index (χ2v) is 11.3. The molecule has 2 atom stereocenters. The number of benzene rings is 2. The van der Waals surface area contributed by atoms with Crippen molar-refractivity contribution in [2.75, 3.05) is 24.3 Å². The van der Waals surface area contributed by atoms with Crippen LogP contribution < -0.4 is 4.90 Å². The first-order valence-electron chi connectivity index (χ1n) is 10.7. The summed E-state index contributed by atoms with van der Waals surface area (Å²) in [6.07, 6.45) is 3.27. The number of anilines is 1. The first-order valence-corrected chi connectivity index (χ1v) is 13.4. The van der Waals surface area contributed by atoms with Crippen LogP contribution in [0.25, 0.3) is 10.2 Å². The number of fused-ring (bicyclic) bond motifs is 2. The molecule has 1 amide bonds. The summed E-state index contributed by atoms with van der Waals surface area (Å²) in [5, 5.41) is 0.582. The van der Waals surface area contributed by atoms with Crippen molar-refractivity contribution in [3.8, 4) is 0 Å². The fourth-order valence-electron chi connectivity index (χ4n) is 4.47. The Morgan fingerprint density at radius 2 is 1.94 bits per heavy atom. The van der Waals surface area contributed by atoms with E-state index < -0.39 is 16.1 Å². The SMILES string of the molecule is CS(=O)(=O)N1Cc2ccccc2C[C@@H]1C(=O)N(C[C@@H]1CCCO1)c1nc2ccccc2s1. The molecule has 168 valence electrons. The van der Waals surface area contributed by atoms with Crippen LogP contribution >= 0.6 is 11.3 Å². The number of amides is 1. The van der Waals surface area contributed by atoms with Crippen LogP contribution in [0.15, 0.2) is 48.5 Å². The Labute approximate surface area is 191 Å². The third-order valence-electron chi connectivity index (χ3n) is 6.11. The summed E-state index contributed by atoms with van der Waals surface area (Å²) in [7, 11) is -3.59. The van der Waals surface area contributed by atoms with E-state index in [4.69, 9.17) is 9.72 Å². The second kappa shape index (κ2) is 8.55. The highest BCUT2D eigenvalue weighted by atomic mass is 32.2. The van der Waals surface area contributed by atoms with Crippen LogP contribution in [0.1, 0.15) is 24.0 Å². The van der Waals surface area contributed by atoms with Crippen molar-refractivity contribution in [2.24, 2.45) is 0 Å². The number of hydrogen-bond donors (Lipinski definition) is 0. The first-order chi connectivity index (χ1) is 15.4. The predicted molar refractivity (Wildman–Crippen MR) is 125 cm³/mol. The Balaban J connectivity index is 1.54. The van der Waals surface area contributed by atoms with Crippen LogP contribution in [-0.2, 0) is 32.5 Å². The Hall–Kier alpha value is -2.33. The number of carbonyl (C=O) groups excluding carboxylic acids is 1. The number of nitrogens with zero attached hydrogens (tertiary/aromatic N) is 3. The lowest BCUT2D eigenvalue weighted by Crippen LogP contribution is -2.54. The molecular formula is C23H25N3O4S2. The van der Waals surface area contributed by atoms with E-state index in [1.54, 1.807) is 4.90 Å². The number of ether oxygens (including phenoxy) is 1. The number of aromatic nitrogens is 1. The van der Waals surface area contributed by atoms with Gasteiger partial charge in [0.25, 0.3) is 0 Å². The molecule has 0 unspecified atom stereocenters. The number of rotatable bonds is 5. The van der Waals surface area contributed by atoms with Crippen LogP contribution in [0.4, 0.5) is 5.13 Å². The second-order valence-electron chi connectivity index (χ2n) is 8.34. The maximum Gasteiger partial charge on any atom is 0.247 e. The summed E-state index contributed by atoms with van der Waals surface area (Å²) in [6.45, 7) is 1.24. The van der Waals surface area contributed by atoms with Crippen LogP contribution in [0.2, 0.25) is 0 Å². The van der Waals surface area contributed by atoms with Crippen molar-refractivity contribution in [1.29, 1.82) is 0 Å². The van der Waals surface area contributed by atoms with Gasteiger partial charge in [-0.05, 0) is 42.5 Å². The van der Waals surface area contributed by atoms with Gasteiger partial charge in [0.1, 0.15) is 6.04 Å². The summed E-state index contributed by atoms with van der Waals surface area (Å²) >= 11 is 1.45. The first kappa shape index (κ1) is 21.5. The molecule has 0 N–H and O–H groups in total. The predicted octanol–water partition coefficient (Wildman–Crippen LogP) is 3.19. The molecule has 1 fully saturated rings. The summed E-state index contributed by atoms with van der Waals surface area (Å²) < 4.78 is 33.5. The number of hydrogen-bond acceptors (Lipinski definition) is 6. The molecule has 2 aromatic carbocycles. The lowest BCUT2D eigenvalue weighted by atomic mass is 9.95.